The number of rotatable bonds is 1. The molecular formula is C10H7BN2O2. The molecule has 15 heavy (non-hydrogen) atoms. The van der Waals surface area contributed by atoms with E-state index in [2.05, 4.69) is 14.7 Å². The Kier molecular flexibility index (Phi) is 2.37. The Labute approximate surface area is 87.7 Å². The quantitative estimate of drug-likeness (QED) is 0.485. The lowest BCUT2D eigenvalue weighted by Gasteiger charge is -2.05. The Morgan fingerprint density at radius 1 is 1.27 bits per heavy atom. The lowest BCUT2D eigenvalue weighted by atomic mass is 9.93. The summed E-state index contributed by atoms with van der Waals surface area (Å²) in [4.78, 5) is 19.5. The third-order valence-corrected chi connectivity index (χ3v) is 2.06. The van der Waals surface area contributed by atoms with E-state index in [1.807, 2.05) is 0 Å². The third-order valence-electron chi connectivity index (χ3n) is 2.06. The summed E-state index contributed by atoms with van der Waals surface area (Å²) in [6, 6.07) is 3.20. The van der Waals surface area contributed by atoms with Gasteiger partial charge in [0.1, 0.15) is 13.4 Å². The highest BCUT2D eigenvalue weighted by Gasteiger charge is 2.12. The van der Waals surface area contributed by atoms with Gasteiger partial charge in [-0.2, -0.15) is 0 Å². The molecule has 0 aliphatic rings. The van der Waals surface area contributed by atoms with E-state index >= 15 is 0 Å². The molecule has 0 unspecified atom stereocenters. The number of methoxy groups -OCH3 is 1. The Morgan fingerprint density at radius 2 is 1.93 bits per heavy atom. The van der Waals surface area contributed by atoms with E-state index in [-0.39, 0.29) is 0 Å². The molecule has 0 amide bonds. The highest BCUT2D eigenvalue weighted by atomic mass is 16.5. The molecule has 0 saturated carbocycles. The minimum atomic E-state index is -0.444. The number of carbonyl (C=O) groups excluding carboxylic acids is 1. The molecule has 2 radical (unpaired) electrons. The van der Waals surface area contributed by atoms with E-state index in [4.69, 9.17) is 7.85 Å². The number of carbonyl (C=O) groups is 1. The standard InChI is InChI=1S/C10H7BN2O2/c1-15-10(14)6-2-3-7(11)9-8(6)12-4-5-13-9/h2-5H,1H3. The molecule has 0 atom stereocenters. The average Bonchev–Trinajstić information content (AvgIpc) is 2.29. The topological polar surface area (TPSA) is 52.1 Å². The molecule has 0 aliphatic carbocycles. The third kappa shape index (κ3) is 1.56. The van der Waals surface area contributed by atoms with Crippen LogP contribution in [0.2, 0.25) is 0 Å². The molecule has 0 N–H and O–H groups in total. The largest absolute Gasteiger partial charge is 0.465 e. The van der Waals surface area contributed by atoms with Gasteiger partial charge >= 0.3 is 5.97 Å². The van der Waals surface area contributed by atoms with Gasteiger partial charge < -0.3 is 4.74 Å². The van der Waals surface area contributed by atoms with Crippen LogP contribution in [0.3, 0.4) is 0 Å². The zero-order valence-corrected chi connectivity index (χ0v) is 8.10. The summed E-state index contributed by atoms with van der Waals surface area (Å²) < 4.78 is 4.64. The Morgan fingerprint density at radius 3 is 2.60 bits per heavy atom. The van der Waals surface area contributed by atoms with Gasteiger partial charge in [-0.15, -0.1) is 0 Å². The second-order valence-corrected chi connectivity index (χ2v) is 2.95. The van der Waals surface area contributed by atoms with Crippen molar-refractivity contribution in [3.05, 3.63) is 30.1 Å². The Bertz CT molecular complexity index is 528. The number of aromatic nitrogens is 2. The molecule has 1 aromatic carbocycles. The number of esters is 1. The summed E-state index contributed by atoms with van der Waals surface area (Å²) >= 11 is 0. The van der Waals surface area contributed by atoms with Crippen molar-refractivity contribution < 1.29 is 9.53 Å². The van der Waals surface area contributed by atoms with Gasteiger partial charge in [-0.05, 0) is 6.07 Å². The maximum Gasteiger partial charge on any atom is 0.340 e. The lowest BCUT2D eigenvalue weighted by molar-refractivity contribution is 0.0603. The van der Waals surface area contributed by atoms with Crippen LogP contribution in [0, 0.1) is 0 Å². The maximum atomic E-state index is 11.4. The number of hydrogen-bond donors (Lipinski definition) is 0. The molecule has 4 nitrogen and oxygen atoms in total. The summed E-state index contributed by atoms with van der Waals surface area (Å²) in [5, 5.41) is 0. The first-order chi connectivity index (χ1) is 7.24. The first-order valence-electron chi connectivity index (χ1n) is 4.31. The molecule has 0 bridgehead atoms. The first-order valence-corrected chi connectivity index (χ1v) is 4.31. The van der Waals surface area contributed by atoms with Crippen molar-refractivity contribution >= 4 is 30.3 Å². The van der Waals surface area contributed by atoms with E-state index in [0.717, 1.165) is 0 Å². The fourth-order valence-electron chi connectivity index (χ4n) is 1.35. The highest BCUT2D eigenvalue weighted by Crippen LogP contribution is 2.12. The molecule has 0 aliphatic heterocycles. The summed E-state index contributed by atoms with van der Waals surface area (Å²) in [7, 11) is 7.03. The van der Waals surface area contributed by atoms with Crippen LogP contribution >= 0.6 is 0 Å². The SMILES string of the molecule is [B]c1ccc(C(=O)OC)c2nccnc12. The second-order valence-electron chi connectivity index (χ2n) is 2.95. The van der Waals surface area contributed by atoms with Gasteiger partial charge in [-0.25, -0.2) is 4.79 Å². The predicted octanol–water partition coefficient (Wildman–Crippen LogP) is 0.210. The molecular weight excluding hydrogens is 191 g/mol. The van der Waals surface area contributed by atoms with E-state index in [9.17, 15) is 4.79 Å². The van der Waals surface area contributed by atoms with Crippen LogP contribution in [0.1, 0.15) is 10.4 Å². The Balaban J connectivity index is 2.77. The number of ether oxygens (including phenoxy) is 1. The minimum absolute atomic E-state index is 0.370. The maximum absolute atomic E-state index is 11.4. The van der Waals surface area contributed by atoms with Gasteiger partial charge in [0.15, 0.2) is 0 Å². The summed E-state index contributed by atoms with van der Waals surface area (Å²) in [5.41, 5.74) is 1.84. The van der Waals surface area contributed by atoms with Crippen molar-refractivity contribution in [1.29, 1.82) is 0 Å². The van der Waals surface area contributed by atoms with Crippen molar-refractivity contribution in [1.82, 2.24) is 9.97 Å². The fraction of sp³-hybridized carbons (Fsp3) is 0.100. The Hall–Kier alpha value is -1.91. The fourth-order valence-corrected chi connectivity index (χ4v) is 1.35. The predicted molar refractivity (Wildman–Crippen MR) is 56.3 cm³/mol. The van der Waals surface area contributed by atoms with E-state index in [1.54, 1.807) is 12.1 Å². The summed E-state index contributed by atoms with van der Waals surface area (Å²) in [6.45, 7) is 0. The number of hydrogen-bond acceptors (Lipinski definition) is 4. The molecule has 0 fully saturated rings. The van der Waals surface area contributed by atoms with Crippen LogP contribution in [0.15, 0.2) is 24.5 Å². The number of nitrogens with zero attached hydrogens (tertiary/aromatic N) is 2. The monoisotopic (exact) mass is 198 g/mol. The molecule has 1 aromatic heterocycles. The summed E-state index contributed by atoms with van der Waals surface area (Å²) in [6.07, 6.45) is 3.04. The van der Waals surface area contributed by atoms with Crippen LogP contribution in [0.25, 0.3) is 11.0 Å². The molecule has 72 valence electrons. The van der Waals surface area contributed by atoms with Gasteiger partial charge in [-0.3, -0.25) is 9.97 Å². The molecule has 1 heterocycles. The van der Waals surface area contributed by atoms with Crippen LogP contribution in [0.4, 0.5) is 0 Å². The smallest absolute Gasteiger partial charge is 0.340 e. The van der Waals surface area contributed by atoms with E-state index < -0.39 is 5.97 Å². The van der Waals surface area contributed by atoms with Crippen molar-refractivity contribution in [3.8, 4) is 0 Å². The normalized spacial score (nSPS) is 10.2. The van der Waals surface area contributed by atoms with Crippen molar-refractivity contribution in [2.75, 3.05) is 7.11 Å². The van der Waals surface area contributed by atoms with Crippen LogP contribution in [-0.4, -0.2) is 30.9 Å². The van der Waals surface area contributed by atoms with Crippen LogP contribution < -0.4 is 5.46 Å². The van der Waals surface area contributed by atoms with E-state index in [1.165, 1.54) is 19.5 Å². The van der Waals surface area contributed by atoms with Gasteiger partial charge in [0, 0.05) is 12.4 Å². The van der Waals surface area contributed by atoms with Crippen LogP contribution in [0.5, 0.6) is 0 Å². The number of fused-ring (bicyclic) bond motifs is 1. The second kappa shape index (κ2) is 3.69. The minimum Gasteiger partial charge on any atom is -0.465 e. The molecule has 5 heteroatoms. The average molecular weight is 198 g/mol. The zero-order valence-electron chi connectivity index (χ0n) is 8.10. The molecule has 2 aromatic rings. The van der Waals surface area contributed by atoms with Crippen molar-refractivity contribution in [2.24, 2.45) is 0 Å². The van der Waals surface area contributed by atoms with Gasteiger partial charge in [0.05, 0.1) is 18.2 Å². The van der Waals surface area contributed by atoms with Crippen LogP contribution in [-0.2, 0) is 4.74 Å². The zero-order chi connectivity index (χ0) is 10.8. The van der Waals surface area contributed by atoms with Gasteiger partial charge in [0.25, 0.3) is 0 Å². The van der Waals surface area contributed by atoms with Crippen molar-refractivity contribution in [3.63, 3.8) is 0 Å². The molecule has 0 saturated heterocycles. The first kappa shape index (κ1) is 9.64. The van der Waals surface area contributed by atoms with Gasteiger partial charge in [-0.1, -0.05) is 11.5 Å². The highest BCUT2D eigenvalue weighted by molar-refractivity contribution is 6.38. The number of benzene rings is 1. The van der Waals surface area contributed by atoms with E-state index in [0.29, 0.717) is 22.1 Å². The van der Waals surface area contributed by atoms with Crippen molar-refractivity contribution in [2.45, 2.75) is 0 Å². The van der Waals surface area contributed by atoms with Gasteiger partial charge in [0.2, 0.25) is 0 Å². The molecule has 0 spiro atoms. The lowest BCUT2D eigenvalue weighted by Crippen LogP contribution is -2.11. The molecule has 2 rings (SSSR count). The summed E-state index contributed by atoms with van der Waals surface area (Å²) in [5.74, 6) is -0.444.